The number of ether oxygens (including phenoxy) is 2. The van der Waals surface area contributed by atoms with Crippen molar-refractivity contribution in [3.63, 3.8) is 0 Å². The molecule has 7 rings (SSSR count). The van der Waals surface area contributed by atoms with Gasteiger partial charge in [-0.1, -0.05) is 32.0 Å². The Morgan fingerprint density at radius 1 is 0.818 bits per heavy atom. The second-order valence-electron chi connectivity index (χ2n) is 14.9. The summed E-state index contributed by atoms with van der Waals surface area (Å²) >= 11 is 0. The second-order valence-corrected chi connectivity index (χ2v) is 14.9. The fourth-order valence-electron chi connectivity index (χ4n) is 8.04. The number of nitrogens with one attached hydrogen (secondary N) is 4. The number of fused-ring (bicyclic) bond motifs is 2. The molecule has 0 saturated carbocycles. The van der Waals surface area contributed by atoms with Crippen LogP contribution < -0.4 is 16.0 Å². The maximum absolute atomic E-state index is 13.6. The van der Waals surface area contributed by atoms with Crippen molar-refractivity contribution in [2.45, 2.75) is 76.8 Å². The van der Waals surface area contributed by atoms with Crippen molar-refractivity contribution in [3.8, 4) is 11.3 Å². The van der Waals surface area contributed by atoms with Crippen molar-refractivity contribution in [3.05, 3.63) is 66.1 Å². The van der Waals surface area contributed by atoms with Crippen LogP contribution in [-0.2, 0) is 19.1 Å². The molecule has 4 amide bonds. The van der Waals surface area contributed by atoms with Crippen LogP contribution in [0.15, 0.2) is 54.7 Å². The molecule has 2 aromatic carbocycles. The number of pyridine rings is 1. The summed E-state index contributed by atoms with van der Waals surface area (Å²) in [5.74, 6) is 0.332. The summed E-state index contributed by atoms with van der Waals surface area (Å²) in [7, 11) is 4.58. The lowest BCUT2D eigenvalue weighted by Crippen LogP contribution is -2.55. The molecular weight excluding hydrogens is 702 g/mol. The molecule has 3 aliphatic heterocycles. The molecule has 55 heavy (non-hydrogen) atoms. The molecule has 4 N–H and O–H groups in total. The Kier molecular flexibility index (Phi) is 10.5. The number of likely N-dealkylation sites (N-methyl/N-ethyl adjacent to an activating group) is 1. The number of amides is 4. The number of carbonyl (C=O) groups excluding carboxylic acids is 4. The highest BCUT2D eigenvalue weighted by Gasteiger charge is 2.41. The zero-order valence-corrected chi connectivity index (χ0v) is 32.1. The van der Waals surface area contributed by atoms with Crippen LogP contribution in [0.25, 0.3) is 38.9 Å². The molecular formula is C40H49N9O6. The molecule has 5 heterocycles. The first-order valence-electron chi connectivity index (χ1n) is 18.9. The lowest BCUT2D eigenvalue weighted by molar-refractivity contribution is -0.136. The average Bonchev–Trinajstić information content (AvgIpc) is 4.01. The predicted molar refractivity (Wildman–Crippen MR) is 207 cm³/mol. The Morgan fingerprint density at radius 2 is 1.53 bits per heavy atom. The highest BCUT2D eigenvalue weighted by atomic mass is 16.5. The van der Waals surface area contributed by atoms with E-state index in [1.807, 2.05) is 61.0 Å². The third kappa shape index (κ3) is 7.47. The SMILES string of the molecule is COC(=O)N[C@@H](C)C(=O)N1CCC[C@H]1C1NC(c2ccc3nc(-c4ccc5nc([C@@H]6CCCN6C(=O)[C@@H](NC(=O)OC)C(C)C)[nH]c5c4)ccc3c2)=CN1C. The van der Waals surface area contributed by atoms with E-state index < -0.39 is 24.3 Å². The summed E-state index contributed by atoms with van der Waals surface area (Å²) in [4.78, 5) is 69.8. The molecule has 4 aromatic rings. The lowest BCUT2D eigenvalue weighted by atomic mass is 10.0. The van der Waals surface area contributed by atoms with E-state index >= 15 is 0 Å². The highest BCUT2D eigenvalue weighted by molar-refractivity contribution is 5.89. The number of rotatable bonds is 9. The van der Waals surface area contributed by atoms with Gasteiger partial charge in [0.2, 0.25) is 11.8 Å². The summed E-state index contributed by atoms with van der Waals surface area (Å²) in [5.41, 5.74) is 6.24. The van der Waals surface area contributed by atoms with E-state index in [9.17, 15) is 19.2 Å². The van der Waals surface area contributed by atoms with Crippen molar-refractivity contribution in [1.82, 2.24) is 45.6 Å². The minimum Gasteiger partial charge on any atom is -0.453 e. The van der Waals surface area contributed by atoms with Crippen LogP contribution >= 0.6 is 0 Å². The molecule has 0 radical (unpaired) electrons. The monoisotopic (exact) mass is 751 g/mol. The van der Waals surface area contributed by atoms with Crippen LogP contribution in [0.2, 0.25) is 0 Å². The van der Waals surface area contributed by atoms with Gasteiger partial charge in [-0.25, -0.2) is 19.6 Å². The molecule has 1 unspecified atom stereocenters. The molecule has 0 aliphatic carbocycles. The van der Waals surface area contributed by atoms with Crippen molar-refractivity contribution in [1.29, 1.82) is 0 Å². The molecule has 2 fully saturated rings. The van der Waals surface area contributed by atoms with E-state index in [4.69, 9.17) is 14.7 Å². The Hall–Kier alpha value is -5.86. The Bertz CT molecular complexity index is 2150. The van der Waals surface area contributed by atoms with E-state index in [-0.39, 0.29) is 36.0 Å². The molecule has 3 aliphatic rings. The number of nitrogens with zero attached hydrogens (tertiary/aromatic N) is 5. The number of carbonyl (C=O) groups is 4. The maximum atomic E-state index is 13.6. The number of imidazole rings is 1. The van der Waals surface area contributed by atoms with Crippen LogP contribution in [0.5, 0.6) is 0 Å². The Balaban J connectivity index is 1.05. The third-order valence-electron chi connectivity index (χ3n) is 11.0. The smallest absolute Gasteiger partial charge is 0.407 e. The fraction of sp³-hybridized carbons (Fsp3) is 0.450. The first-order valence-corrected chi connectivity index (χ1v) is 18.9. The van der Waals surface area contributed by atoms with E-state index in [2.05, 4.69) is 55.0 Å². The number of benzene rings is 2. The van der Waals surface area contributed by atoms with Crippen molar-refractivity contribution in [2.24, 2.45) is 5.92 Å². The minimum absolute atomic E-state index is 0.0618. The normalized spacial score (nSPS) is 20.7. The summed E-state index contributed by atoms with van der Waals surface area (Å²) < 4.78 is 9.45. The zero-order chi connectivity index (χ0) is 39.0. The van der Waals surface area contributed by atoms with Gasteiger partial charge < -0.3 is 45.1 Å². The van der Waals surface area contributed by atoms with E-state index in [1.54, 1.807) is 6.92 Å². The first kappa shape index (κ1) is 37.5. The number of alkyl carbamates (subject to hydrolysis) is 2. The largest absolute Gasteiger partial charge is 0.453 e. The summed E-state index contributed by atoms with van der Waals surface area (Å²) in [6.45, 7) is 6.70. The average molecular weight is 752 g/mol. The van der Waals surface area contributed by atoms with Crippen LogP contribution in [0.4, 0.5) is 9.59 Å². The van der Waals surface area contributed by atoms with Gasteiger partial charge >= 0.3 is 12.2 Å². The number of methoxy groups -OCH3 is 2. The number of aromatic amines is 1. The lowest BCUT2D eigenvalue weighted by Gasteiger charge is -2.35. The second kappa shape index (κ2) is 15.5. The van der Waals surface area contributed by atoms with Gasteiger partial charge in [-0.3, -0.25) is 9.59 Å². The number of aromatic nitrogens is 3. The summed E-state index contributed by atoms with van der Waals surface area (Å²) in [5, 5.41) is 9.94. The zero-order valence-electron chi connectivity index (χ0n) is 32.1. The third-order valence-corrected chi connectivity index (χ3v) is 11.0. The van der Waals surface area contributed by atoms with Gasteiger partial charge in [-0.05, 0) is 74.4 Å². The van der Waals surface area contributed by atoms with Gasteiger partial charge in [-0.15, -0.1) is 0 Å². The maximum Gasteiger partial charge on any atom is 0.407 e. The molecule has 2 aromatic heterocycles. The van der Waals surface area contributed by atoms with Crippen molar-refractivity contribution in [2.75, 3.05) is 34.4 Å². The number of likely N-dealkylation sites (tertiary alicyclic amines) is 2. The molecule has 290 valence electrons. The van der Waals surface area contributed by atoms with Gasteiger partial charge in [0.25, 0.3) is 0 Å². The Morgan fingerprint density at radius 3 is 2.29 bits per heavy atom. The first-order chi connectivity index (χ1) is 26.4. The van der Waals surface area contributed by atoms with Crippen molar-refractivity contribution < 1.29 is 28.7 Å². The highest BCUT2D eigenvalue weighted by Crippen LogP contribution is 2.34. The Labute approximate surface area is 319 Å². The molecule has 0 bridgehead atoms. The predicted octanol–water partition coefficient (Wildman–Crippen LogP) is 4.72. The topological polar surface area (TPSA) is 174 Å². The minimum atomic E-state index is -0.698. The molecule has 15 heteroatoms. The van der Waals surface area contributed by atoms with Gasteiger partial charge in [-0.2, -0.15) is 0 Å². The van der Waals surface area contributed by atoms with Crippen LogP contribution in [0, 0.1) is 5.92 Å². The fourth-order valence-corrected chi connectivity index (χ4v) is 8.04. The molecule has 2 saturated heterocycles. The van der Waals surface area contributed by atoms with Crippen LogP contribution in [0.3, 0.4) is 0 Å². The standard InChI is InChI=1S/C40H49N9O6/c1-22(2)34(46-40(53)55-6)38(51)48-17-7-9-32(48)35-43-29-16-13-26(20-30(29)44-35)28-14-11-24-19-25(12-15-27(24)42-28)31-21-47(4)36(45-31)33-10-8-18-49(33)37(50)23(3)41-39(52)54-5/h11-16,19-23,32-34,36,45H,7-10,17-18H2,1-6H3,(H,41,52)(H,43,44)(H,46,53)/t23-,32-,33-,34-,36?/m0/s1. The van der Waals surface area contributed by atoms with Gasteiger partial charge in [0.15, 0.2) is 0 Å². The quantitative estimate of drug-likeness (QED) is 0.188. The molecule has 0 spiro atoms. The van der Waals surface area contributed by atoms with Crippen molar-refractivity contribution >= 4 is 51.6 Å². The number of H-pyrrole nitrogens is 1. The summed E-state index contributed by atoms with van der Waals surface area (Å²) in [6.07, 6.45) is 4.05. The van der Waals surface area contributed by atoms with Gasteiger partial charge in [0, 0.05) is 37.3 Å². The summed E-state index contributed by atoms with van der Waals surface area (Å²) in [6, 6.07) is 14.6. The number of hydrogen-bond acceptors (Lipinski definition) is 10. The molecule has 5 atom stereocenters. The van der Waals surface area contributed by atoms with E-state index in [0.717, 1.165) is 76.0 Å². The van der Waals surface area contributed by atoms with Crippen LogP contribution in [0.1, 0.15) is 63.9 Å². The van der Waals surface area contributed by atoms with E-state index in [0.29, 0.717) is 13.1 Å². The van der Waals surface area contributed by atoms with Gasteiger partial charge in [0.05, 0.1) is 54.2 Å². The van der Waals surface area contributed by atoms with Gasteiger partial charge in [0.1, 0.15) is 24.1 Å². The van der Waals surface area contributed by atoms with E-state index in [1.165, 1.54) is 14.2 Å². The molecule has 15 nitrogen and oxygen atoms in total. The number of hydrogen-bond donors (Lipinski definition) is 4. The van der Waals surface area contributed by atoms with Crippen LogP contribution in [-0.4, -0.2) is 112 Å².